The van der Waals surface area contributed by atoms with Crippen molar-refractivity contribution >= 4 is 21.9 Å². The number of carbonyl (C=O) groups excluding carboxylic acids is 1. The van der Waals surface area contributed by atoms with Gasteiger partial charge in [0.05, 0.1) is 24.2 Å². The molecule has 3 rings (SSSR count). The first-order valence-corrected chi connectivity index (χ1v) is 11.2. The molecule has 0 radical (unpaired) electrons. The van der Waals surface area contributed by atoms with Crippen LogP contribution in [0.5, 0.6) is 11.5 Å². The van der Waals surface area contributed by atoms with Gasteiger partial charge in [-0.05, 0) is 52.0 Å². The molecule has 0 N–H and O–H groups in total. The topological polar surface area (TPSA) is 91.4 Å². The minimum absolute atomic E-state index is 0.0555. The third-order valence-corrected chi connectivity index (χ3v) is 5.77. The van der Waals surface area contributed by atoms with Crippen molar-refractivity contribution in [2.75, 3.05) is 25.2 Å². The molecular formula is C22H27NO7S. The van der Waals surface area contributed by atoms with Crippen molar-refractivity contribution in [3.63, 3.8) is 0 Å². The number of rotatable bonds is 5. The zero-order valence-corrected chi connectivity index (χ0v) is 19.1. The molecule has 8 nitrogen and oxygen atoms in total. The molecule has 0 fully saturated rings. The molecule has 2 aromatic rings. The van der Waals surface area contributed by atoms with Crippen LogP contribution in [0.15, 0.2) is 47.4 Å². The molecule has 0 saturated carbocycles. The number of nitrogens with zero attached hydrogens (tertiary/aromatic N) is 1. The molecule has 1 aliphatic heterocycles. The number of methoxy groups -OCH3 is 1. The van der Waals surface area contributed by atoms with Crippen LogP contribution >= 0.6 is 0 Å². The highest BCUT2D eigenvalue weighted by molar-refractivity contribution is 7.86. The van der Waals surface area contributed by atoms with Gasteiger partial charge in [-0.1, -0.05) is 17.7 Å². The Morgan fingerprint density at radius 2 is 1.84 bits per heavy atom. The predicted molar refractivity (Wildman–Crippen MR) is 115 cm³/mol. The van der Waals surface area contributed by atoms with Crippen LogP contribution in [0.4, 0.5) is 10.5 Å². The molecular weight excluding hydrogens is 422 g/mol. The van der Waals surface area contributed by atoms with E-state index in [1.165, 1.54) is 24.1 Å². The van der Waals surface area contributed by atoms with E-state index in [0.717, 1.165) is 5.56 Å². The van der Waals surface area contributed by atoms with Gasteiger partial charge < -0.3 is 14.2 Å². The van der Waals surface area contributed by atoms with E-state index in [9.17, 15) is 13.2 Å². The highest BCUT2D eigenvalue weighted by atomic mass is 32.2. The van der Waals surface area contributed by atoms with Gasteiger partial charge in [-0.25, -0.2) is 4.79 Å². The Hall–Kier alpha value is -2.78. The van der Waals surface area contributed by atoms with E-state index in [1.54, 1.807) is 51.1 Å². The van der Waals surface area contributed by atoms with E-state index in [1.807, 2.05) is 6.92 Å². The summed E-state index contributed by atoms with van der Waals surface area (Å²) in [5, 5.41) is 0. The number of carbonyl (C=O) groups is 1. The summed E-state index contributed by atoms with van der Waals surface area (Å²) in [6.45, 7) is 6.98. The van der Waals surface area contributed by atoms with Crippen molar-refractivity contribution in [2.45, 2.75) is 44.3 Å². The van der Waals surface area contributed by atoms with E-state index in [4.69, 9.17) is 18.4 Å². The van der Waals surface area contributed by atoms with Crippen LogP contribution in [0.25, 0.3) is 0 Å². The van der Waals surface area contributed by atoms with Crippen molar-refractivity contribution in [1.29, 1.82) is 0 Å². The summed E-state index contributed by atoms with van der Waals surface area (Å²) in [7, 11) is -2.45. The van der Waals surface area contributed by atoms with Gasteiger partial charge in [-0.15, -0.1) is 0 Å². The van der Waals surface area contributed by atoms with E-state index < -0.39 is 27.9 Å². The maximum Gasteiger partial charge on any atom is 0.415 e. The second kappa shape index (κ2) is 8.76. The van der Waals surface area contributed by atoms with Crippen LogP contribution in [0, 0.1) is 6.92 Å². The molecule has 0 spiro atoms. The summed E-state index contributed by atoms with van der Waals surface area (Å²) in [5.41, 5.74) is 0.754. The molecule has 168 valence electrons. The smallest absolute Gasteiger partial charge is 0.415 e. The number of hydrogen-bond acceptors (Lipinski definition) is 7. The molecule has 1 amide bonds. The SMILES string of the molecule is COc1ccc2c(c1)OC(COS(=O)(=O)c1ccc(C)cc1)CN2C(=O)OC(C)(C)C. The summed E-state index contributed by atoms with van der Waals surface area (Å²) in [4.78, 5) is 14.3. The van der Waals surface area contributed by atoms with Crippen molar-refractivity contribution in [3.8, 4) is 11.5 Å². The number of ether oxygens (including phenoxy) is 3. The van der Waals surface area contributed by atoms with Crippen LogP contribution in [0.1, 0.15) is 26.3 Å². The third-order valence-electron chi connectivity index (χ3n) is 4.47. The average molecular weight is 450 g/mol. The maximum atomic E-state index is 12.8. The molecule has 1 heterocycles. The molecule has 0 aromatic heterocycles. The second-order valence-electron chi connectivity index (χ2n) is 8.22. The van der Waals surface area contributed by atoms with Gasteiger partial charge in [-0.3, -0.25) is 9.08 Å². The monoisotopic (exact) mass is 449 g/mol. The fourth-order valence-electron chi connectivity index (χ4n) is 2.97. The van der Waals surface area contributed by atoms with Crippen molar-refractivity contribution < 1.29 is 31.6 Å². The van der Waals surface area contributed by atoms with Gasteiger partial charge >= 0.3 is 6.09 Å². The Balaban J connectivity index is 1.81. The predicted octanol–water partition coefficient (Wildman–Crippen LogP) is 3.91. The lowest BCUT2D eigenvalue weighted by atomic mass is 10.2. The van der Waals surface area contributed by atoms with Gasteiger partial charge in [0.15, 0.2) is 0 Å². The number of amides is 1. The largest absolute Gasteiger partial charge is 0.497 e. The molecule has 1 unspecified atom stereocenters. The lowest BCUT2D eigenvalue weighted by molar-refractivity contribution is 0.0529. The highest BCUT2D eigenvalue weighted by Crippen LogP contribution is 2.37. The summed E-state index contributed by atoms with van der Waals surface area (Å²) in [5.74, 6) is 0.912. The molecule has 2 aromatic carbocycles. The fraction of sp³-hybridized carbons (Fsp3) is 0.409. The van der Waals surface area contributed by atoms with Crippen LogP contribution in [-0.2, 0) is 19.0 Å². The van der Waals surface area contributed by atoms with Crippen molar-refractivity contribution in [1.82, 2.24) is 0 Å². The molecule has 0 aliphatic carbocycles. The van der Waals surface area contributed by atoms with Crippen LogP contribution in [0.3, 0.4) is 0 Å². The zero-order chi connectivity index (χ0) is 22.8. The van der Waals surface area contributed by atoms with Crippen molar-refractivity contribution in [3.05, 3.63) is 48.0 Å². The molecule has 1 atom stereocenters. The number of benzene rings is 2. The number of anilines is 1. The standard InChI is InChI=1S/C22H27NO7S/c1-15-6-9-18(10-7-15)31(25,26)28-14-17-13-23(21(24)30-22(2,3)4)19-11-8-16(27-5)12-20(19)29-17/h6-12,17H,13-14H2,1-5H3. The first kappa shape index (κ1) is 22.9. The Kier molecular flexibility index (Phi) is 6.47. The lowest BCUT2D eigenvalue weighted by Gasteiger charge is -2.35. The fourth-order valence-corrected chi connectivity index (χ4v) is 3.91. The van der Waals surface area contributed by atoms with Gasteiger partial charge in [0.2, 0.25) is 0 Å². The van der Waals surface area contributed by atoms with Crippen LogP contribution < -0.4 is 14.4 Å². The molecule has 9 heteroatoms. The first-order chi connectivity index (χ1) is 14.5. The summed E-state index contributed by atoms with van der Waals surface area (Å²) in [6.07, 6.45) is -1.29. The summed E-state index contributed by atoms with van der Waals surface area (Å²) >= 11 is 0. The van der Waals surface area contributed by atoms with Crippen molar-refractivity contribution in [2.24, 2.45) is 0 Å². The molecule has 0 saturated heterocycles. The Bertz CT molecular complexity index is 1040. The van der Waals surface area contributed by atoms with E-state index in [-0.39, 0.29) is 18.0 Å². The highest BCUT2D eigenvalue weighted by Gasteiger charge is 2.34. The third kappa shape index (κ3) is 5.68. The van der Waals surface area contributed by atoms with Gasteiger partial charge in [-0.2, -0.15) is 8.42 Å². The van der Waals surface area contributed by atoms with Crippen LogP contribution in [-0.4, -0.2) is 46.5 Å². The van der Waals surface area contributed by atoms with Gasteiger partial charge in [0.1, 0.15) is 29.8 Å². The minimum Gasteiger partial charge on any atom is -0.497 e. The summed E-state index contributed by atoms with van der Waals surface area (Å²) in [6, 6.07) is 11.4. The van der Waals surface area contributed by atoms with Crippen LogP contribution in [0.2, 0.25) is 0 Å². The second-order valence-corrected chi connectivity index (χ2v) is 9.83. The molecule has 31 heavy (non-hydrogen) atoms. The number of hydrogen-bond donors (Lipinski definition) is 0. The average Bonchev–Trinajstić information content (AvgIpc) is 2.70. The minimum atomic E-state index is -3.97. The molecule has 1 aliphatic rings. The maximum absolute atomic E-state index is 12.8. The summed E-state index contributed by atoms with van der Waals surface area (Å²) < 4.78 is 47.0. The van der Waals surface area contributed by atoms with Gasteiger partial charge in [0, 0.05) is 6.07 Å². The number of aryl methyl sites for hydroxylation is 1. The van der Waals surface area contributed by atoms with E-state index in [0.29, 0.717) is 17.2 Å². The zero-order valence-electron chi connectivity index (χ0n) is 18.2. The Morgan fingerprint density at radius 3 is 2.45 bits per heavy atom. The lowest BCUT2D eigenvalue weighted by Crippen LogP contribution is -2.47. The molecule has 0 bridgehead atoms. The van der Waals surface area contributed by atoms with E-state index >= 15 is 0 Å². The number of fused-ring (bicyclic) bond motifs is 1. The van der Waals surface area contributed by atoms with E-state index in [2.05, 4.69) is 0 Å². The quantitative estimate of drug-likeness (QED) is 0.639. The Labute approximate surface area is 182 Å². The van der Waals surface area contributed by atoms with Gasteiger partial charge in [0.25, 0.3) is 10.1 Å². The Morgan fingerprint density at radius 1 is 1.16 bits per heavy atom. The normalized spacial score (nSPS) is 16.3. The first-order valence-electron chi connectivity index (χ1n) is 9.80.